The molecule has 3 aliphatic rings. The third-order valence-corrected chi connectivity index (χ3v) is 7.69. The van der Waals surface area contributed by atoms with Crippen LogP contribution in [0.2, 0.25) is 0 Å². The quantitative estimate of drug-likeness (QED) is 0.543. The maximum absolute atomic E-state index is 12.8. The molecule has 0 unspecified atom stereocenters. The van der Waals surface area contributed by atoms with Crippen LogP contribution in [0.4, 0.5) is 21.9 Å². The van der Waals surface area contributed by atoms with Gasteiger partial charge in [-0.1, -0.05) is 0 Å². The Bertz CT molecular complexity index is 1310. The topological polar surface area (TPSA) is 96.0 Å². The van der Waals surface area contributed by atoms with Gasteiger partial charge in [0.05, 0.1) is 43.2 Å². The van der Waals surface area contributed by atoms with Crippen LogP contribution in [0.3, 0.4) is 0 Å². The van der Waals surface area contributed by atoms with Crippen molar-refractivity contribution in [2.45, 2.75) is 17.0 Å². The van der Waals surface area contributed by atoms with Crippen molar-refractivity contribution in [3.05, 3.63) is 48.7 Å². The molecule has 2 amide bonds. The second-order valence-electron chi connectivity index (χ2n) is 8.81. The van der Waals surface area contributed by atoms with Crippen molar-refractivity contribution in [3.8, 4) is 5.75 Å². The Morgan fingerprint density at radius 1 is 1.20 bits per heavy atom. The lowest BCUT2D eigenvalue weighted by molar-refractivity contribution is -0.113. The minimum absolute atomic E-state index is 0.0347. The van der Waals surface area contributed by atoms with E-state index in [1.54, 1.807) is 12.0 Å². The monoisotopic (exact) mass is 491 g/mol. The zero-order chi connectivity index (χ0) is 23.9. The van der Waals surface area contributed by atoms with Crippen LogP contribution in [0.15, 0.2) is 53.6 Å². The molecule has 0 bridgehead atoms. The second kappa shape index (κ2) is 8.94. The lowest BCUT2D eigenvalue weighted by Crippen LogP contribution is -2.59. The van der Waals surface area contributed by atoms with Gasteiger partial charge in [-0.25, -0.2) is 4.79 Å². The van der Waals surface area contributed by atoms with Crippen molar-refractivity contribution < 1.29 is 19.1 Å². The predicted molar refractivity (Wildman–Crippen MR) is 136 cm³/mol. The summed E-state index contributed by atoms with van der Waals surface area (Å²) in [7, 11) is 1.65. The molecular formula is C25H25N5O4S. The standard InChI is InChI=1S/C25H25N5O4S/c1-33-17-3-4-20-19(9-17)22(6-7-27-20)29(16-10-26-11-16)12-18-13-30(25(32)34-18)15-2-5-23-21(8-15)28-24(31)14-35-23/h2-9,16,18,26H,10-14H2,1H3,(H,28,31)/t18-/m1/s1. The van der Waals surface area contributed by atoms with Crippen molar-refractivity contribution in [2.75, 3.05) is 54.2 Å². The summed E-state index contributed by atoms with van der Waals surface area (Å²) in [4.78, 5) is 34.1. The molecule has 0 saturated carbocycles. The summed E-state index contributed by atoms with van der Waals surface area (Å²) in [5.74, 6) is 1.14. The lowest BCUT2D eigenvalue weighted by Gasteiger charge is -2.41. The molecule has 3 aliphatic heterocycles. The molecule has 9 nitrogen and oxygen atoms in total. The number of pyridine rings is 1. The van der Waals surface area contributed by atoms with Crippen molar-refractivity contribution in [1.29, 1.82) is 0 Å². The molecule has 2 aromatic carbocycles. The van der Waals surface area contributed by atoms with Gasteiger partial charge in [-0.2, -0.15) is 0 Å². The van der Waals surface area contributed by atoms with E-state index in [2.05, 4.69) is 20.5 Å². The van der Waals surface area contributed by atoms with E-state index in [1.807, 2.05) is 48.7 Å². The fourth-order valence-electron chi connectivity index (χ4n) is 4.71. The van der Waals surface area contributed by atoms with Gasteiger partial charge in [0.25, 0.3) is 0 Å². The van der Waals surface area contributed by atoms with E-state index in [9.17, 15) is 9.59 Å². The molecule has 4 heterocycles. The summed E-state index contributed by atoms with van der Waals surface area (Å²) in [5, 5.41) is 7.24. The van der Waals surface area contributed by atoms with E-state index in [0.29, 0.717) is 18.8 Å². The number of fused-ring (bicyclic) bond motifs is 2. The number of thioether (sulfide) groups is 1. The Morgan fingerprint density at radius 2 is 2.09 bits per heavy atom. The number of anilines is 3. The molecular weight excluding hydrogens is 466 g/mol. The summed E-state index contributed by atoms with van der Waals surface area (Å²) in [6, 6.07) is 13.9. The van der Waals surface area contributed by atoms with Crippen LogP contribution in [0.25, 0.3) is 10.9 Å². The largest absolute Gasteiger partial charge is 0.497 e. The molecule has 6 rings (SSSR count). The van der Waals surface area contributed by atoms with Crippen LogP contribution >= 0.6 is 11.8 Å². The number of hydrogen-bond acceptors (Lipinski definition) is 8. The number of carbonyl (C=O) groups excluding carboxylic acids is 2. The number of nitrogens with zero attached hydrogens (tertiary/aromatic N) is 3. The highest BCUT2D eigenvalue weighted by atomic mass is 32.2. The second-order valence-corrected chi connectivity index (χ2v) is 9.83. The van der Waals surface area contributed by atoms with Crippen molar-refractivity contribution in [1.82, 2.24) is 10.3 Å². The van der Waals surface area contributed by atoms with Gasteiger partial charge < -0.3 is 25.0 Å². The number of nitrogens with one attached hydrogen (secondary N) is 2. The van der Waals surface area contributed by atoms with Crippen LogP contribution in [0.1, 0.15) is 0 Å². The van der Waals surface area contributed by atoms with E-state index in [-0.39, 0.29) is 24.1 Å². The van der Waals surface area contributed by atoms with Gasteiger partial charge in [-0.05, 0) is 42.5 Å². The van der Waals surface area contributed by atoms with Crippen LogP contribution in [-0.2, 0) is 9.53 Å². The summed E-state index contributed by atoms with van der Waals surface area (Å²) >= 11 is 1.50. The Labute approximate surface area is 206 Å². The first kappa shape index (κ1) is 22.0. The molecule has 180 valence electrons. The van der Waals surface area contributed by atoms with Crippen LogP contribution in [-0.4, -0.2) is 68.2 Å². The minimum atomic E-state index is -0.377. The van der Waals surface area contributed by atoms with Gasteiger partial charge in [0.15, 0.2) is 0 Å². The molecule has 2 N–H and O–H groups in total. The van der Waals surface area contributed by atoms with E-state index >= 15 is 0 Å². The highest BCUT2D eigenvalue weighted by molar-refractivity contribution is 8.00. The average Bonchev–Trinajstić information content (AvgIpc) is 3.21. The van der Waals surface area contributed by atoms with E-state index in [4.69, 9.17) is 9.47 Å². The van der Waals surface area contributed by atoms with Gasteiger partial charge in [0, 0.05) is 40.9 Å². The molecule has 3 aromatic rings. The first-order chi connectivity index (χ1) is 17.1. The van der Waals surface area contributed by atoms with Gasteiger partial charge in [-0.15, -0.1) is 11.8 Å². The number of benzene rings is 2. The average molecular weight is 492 g/mol. The number of methoxy groups -OCH3 is 1. The molecule has 0 radical (unpaired) electrons. The number of amides is 2. The molecule has 35 heavy (non-hydrogen) atoms. The molecule has 2 saturated heterocycles. The minimum Gasteiger partial charge on any atom is -0.497 e. The van der Waals surface area contributed by atoms with Crippen LogP contribution in [0.5, 0.6) is 5.75 Å². The van der Waals surface area contributed by atoms with Crippen LogP contribution < -0.4 is 25.2 Å². The van der Waals surface area contributed by atoms with Gasteiger partial charge >= 0.3 is 6.09 Å². The van der Waals surface area contributed by atoms with E-state index < -0.39 is 0 Å². The first-order valence-electron chi connectivity index (χ1n) is 11.5. The highest BCUT2D eigenvalue weighted by Gasteiger charge is 2.37. The summed E-state index contributed by atoms with van der Waals surface area (Å²) < 4.78 is 11.3. The number of aromatic nitrogens is 1. The maximum Gasteiger partial charge on any atom is 0.414 e. The molecule has 1 aromatic heterocycles. The summed E-state index contributed by atoms with van der Waals surface area (Å²) in [6.07, 6.45) is 1.13. The third-order valence-electron chi connectivity index (χ3n) is 6.62. The summed E-state index contributed by atoms with van der Waals surface area (Å²) in [6.45, 7) is 2.71. The highest BCUT2D eigenvalue weighted by Crippen LogP contribution is 2.36. The number of hydrogen-bond donors (Lipinski definition) is 2. The van der Waals surface area contributed by atoms with Gasteiger partial charge in [-0.3, -0.25) is 14.7 Å². The van der Waals surface area contributed by atoms with E-state index in [1.165, 1.54) is 11.8 Å². The van der Waals surface area contributed by atoms with Crippen molar-refractivity contribution in [2.24, 2.45) is 0 Å². The Morgan fingerprint density at radius 3 is 2.89 bits per heavy atom. The zero-order valence-electron chi connectivity index (χ0n) is 19.2. The van der Waals surface area contributed by atoms with E-state index in [0.717, 1.165) is 51.7 Å². The Hall–Kier alpha value is -3.50. The molecule has 2 fully saturated rings. The maximum atomic E-state index is 12.8. The first-order valence-corrected chi connectivity index (χ1v) is 12.5. The number of rotatable bonds is 6. The number of ether oxygens (including phenoxy) is 2. The van der Waals surface area contributed by atoms with Gasteiger partial charge in [0.2, 0.25) is 5.91 Å². The van der Waals surface area contributed by atoms with Gasteiger partial charge in [0.1, 0.15) is 11.9 Å². The summed E-state index contributed by atoms with van der Waals surface area (Å²) in [5.41, 5.74) is 3.39. The van der Waals surface area contributed by atoms with Crippen LogP contribution in [0, 0.1) is 0 Å². The Kier molecular flexibility index (Phi) is 5.62. The fraction of sp³-hybridized carbons (Fsp3) is 0.320. The fourth-order valence-corrected chi connectivity index (χ4v) is 5.50. The normalized spacial score (nSPS) is 19.7. The van der Waals surface area contributed by atoms with Crippen molar-refractivity contribution >= 4 is 51.7 Å². The molecule has 0 aliphatic carbocycles. The smallest absolute Gasteiger partial charge is 0.414 e. The lowest BCUT2D eigenvalue weighted by atomic mass is 10.1. The molecule has 0 spiro atoms. The third kappa shape index (κ3) is 4.12. The zero-order valence-corrected chi connectivity index (χ0v) is 20.0. The Balaban J connectivity index is 1.26. The predicted octanol–water partition coefficient (Wildman–Crippen LogP) is 3.09. The molecule has 1 atom stereocenters. The molecule has 10 heteroatoms. The van der Waals surface area contributed by atoms with Crippen molar-refractivity contribution in [3.63, 3.8) is 0 Å². The number of cyclic esters (lactones) is 1. The number of carbonyl (C=O) groups is 2. The SMILES string of the molecule is COc1ccc2nccc(N(C[C@@H]3CN(c4ccc5c(c4)NC(=O)CS5)C(=O)O3)C3CNC3)c2c1.